The topological polar surface area (TPSA) is 83.4 Å². The molecule has 162 valence electrons. The van der Waals surface area contributed by atoms with Crippen molar-refractivity contribution in [3.8, 4) is 22.9 Å². The van der Waals surface area contributed by atoms with Gasteiger partial charge < -0.3 is 10.1 Å². The molecule has 3 aromatic heterocycles. The Morgan fingerprint density at radius 1 is 1.23 bits per heavy atom. The summed E-state index contributed by atoms with van der Waals surface area (Å²) in [6.45, 7) is 10.0. The van der Waals surface area contributed by atoms with Crippen molar-refractivity contribution in [1.82, 2.24) is 29.6 Å². The molecular formula is C23H29N7O. The third kappa shape index (κ3) is 3.20. The summed E-state index contributed by atoms with van der Waals surface area (Å²) in [6.07, 6.45) is 7.69. The Morgan fingerprint density at radius 3 is 2.61 bits per heavy atom. The minimum Gasteiger partial charge on any atom is -0.494 e. The lowest BCUT2D eigenvalue weighted by atomic mass is 9.84. The van der Waals surface area contributed by atoms with E-state index in [9.17, 15) is 5.26 Å². The van der Waals surface area contributed by atoms with E-state index in [2.05, 4.69) is 46.8 Å². The van der Waals surface area contributed by atoms with E-state index < -0.39 is 0 Å². The Hall–Kier alpha value is -2.89. The smallest absolute Gasteiger partial charge is 0.146 e. The third-order valence-electron chi connectivity index (χ3n) is 7.14. The first kappa shape index (κ1) is 20.0. The average molecular weight is 420 g/mol. The van der Waals surface area contributed by atoms with Gasteiger partial charge in [-0.05, 0) is 39.7 Å². The Balaban J connectivity index is 1.39. The number of fused-ring (bicyclic) bond motifs is 1. The maximum Gasteiger partial charge on any atom is 0.146 e. The van der Waals surface area contributed by atoms with Crippen LogP contribution < -0.4 is 10.1 Å². The molecule has 31 heavy (non-hydrogen) atoms. The SMILES string of the molecule is COc1cc(-c2cnn(C3CCN(C4CNC4(C)C)CC3)c2C)cn2ncc(C#N)c12. The van der Waals surface area contributed by atoms with E-state index in [0.29, 0.717) is 28.9 Å². The molecule has 5 heterocycles. The molecule has 0 aromatic carbocycles. The van der Waals surface area contributed by atoms with Gasteiger partial charge in [-0.1, -0.05) is 0 Å². The number of rotatable bonds is 4. The number of nitriles is 1. The predicted molar refractivity (Wildman–Crippen MR) is 118 cm³/mol. The van der Waals surface area contributed by atoms with Gasteiger partial charge >= 0.3 is 0 Å². The predicted octanol–water partition coefficient (Wildman–Crippen LogP) is 2.77. The lowest BCUT2D eigenvalue weighted by Gasteiger charge is -2.53. The Morgan fingerprint density at radius 2 is 2.00 bits per heavy atom. The van der Waals surface area contributed by atoms with Crippen molar-refractivity contribution >= 4 is 5.52 Å². The van der Waals surface area contributed by atoms with Crippen molar-refractivity contribution < 1.29 is 4.74 Å². The van der Waals surface area contributed by atoms with Crippen molar-refractivity contribution in [3.05, 3.63) is 35.9 Å². The number of pyridine rings is 1. The van der Waals surface area contributed by atoms with Crippen molar-refractivity contribution in [1.29, 1.82) is 5.26 Å². The van der Waals surface area contributed by atoms with Crippen LogP contribution in [-0.2, 0) is 0 Å². The molecule has 5 rings (SSSR count). The number of nitrogens with zero attached hydrogens (tertiary/aromatic N) is 6. The number of piperidine rings is 1. The van der Waals surface area contributed by atoms with E-state index in [4.69, 9.17) is 9.84 Å². The number of hydrogen-bond acceptors (Lipinski definition) is 6. The Kier molecular flexibility index (Phi) is 4.76. The third-order valence-corrected chi connectivity index (χ3v) is 7.14. The Bertz CT molecular complexity index is 1160. The molecule has 2 aliphatic rings. The molecule has 8 heteroatoms. The van der Waals surface area contributed by atoms with Crippen molar-refractivity contribution in [3.63, 3.8) is 0 Å². The average Bonchev–Trinajstić information content (AvgIpc) is 3.36. The zero-order valence-electron chi connectivity index (χ0n) is 18.6. The summed E-state index contributed by atoms with van der Waals surface area (Å²) >= 11 is 0. The fourth-order valence-corrected chi connectivity index (χ4v) is 5.17. The van der Waals surface area contributed by atoms with Gasteiger partial charge in [0.2, 0.25) is 0 Å². The van der Waals surface area contributed by atoms with Crippen LogP contribution in [0.5, 0.6) is 5.75 Å². The largest absolute Gasteiger partial charge is 0.494 e. The normalized spacial score (nSPS) is 21.7. The molecular weight excluding hydrogens is 390 g/mol. The molecule has 2 saturated heterocycles. The summed E-state index contributed by atoms with van der Waals surface area (Å²) < 4.78 is 9.48. The highest BCUT2D eigenvalue weighted by atomic mass is 16.5. The highest BCUT2D eigenvalue weighted by Crippen LogP contribution is 2.34. The molecule has 0 radical (unpaired) electrons. The van der Waals surface area contributed by atoms with Crippen LogP contribution in [0.4, 0.5) is 0 Å². The van der Waals surface area contributed by atoms with Gasteiger partial charge in [0.25, 0.3) is 0 Å². The molecule has 2 fully saturated rings. The molecule has 0 aliphatic carbocycles. The molecule has 8 nitrogen and oxygen atoms in total. The molecule has 0 amide bonds. The minimum atomic E-state index is 0.219. The molecule has 0 bridgehead atoms. The summed E-state index contributed by atoms with van der Waals surface area (Å²) in [5, 5.41) is 22.0. The summed E-state index contributed by atoms with van der Waals surface area (Å²) in [5.41, 5.74) is 4.63. The zero-order chi connectivity index (χ0) is 21.8. The molecule has 3 aromatic rings. The first-order valence-corrected chi connectivity index (χ1v) is 10.9. The van der Waals surface area contributed by atoms with Crippen LogP contribution in [0, 0.1) is 18.3 Å². The van der Waals surface area contributed by atoms with Crippen LogP contribution in [0.3, 0.4) is 0 Å². The number of likely N-dealkylation sites (tertiary alicyclic amines) is 1. The van der Waals surface area contributed by atoms with Crippen molar-refractivity contribution in [2.24, 2.45) is 0 Å². The van der Waals surface area contributed by atoms with Crippen LogP contribution in [0.1, 0.15) is 44.0 Å². The summed E-state index contributed by atoms with van der Waals surface area (Å²) in [4.78, 5) is 2.63. The van der Waals surface area contributed by atoms with E-state index in [1.165, 1.54) is 0 Å². The van der Waals surface area contributed by atoms with Gasteiger partial charge in [-0.3, -0.25) is 9.58 Å². The van der Waals surface area contributed by atoms with E-state index in [1.807, 2.05) is 18.5 Å². The number of methoxy groups -OCH3 is 1. The second kappa shape index (κ2) is 7.36. The zero-order valence-corrected chi connectivity index (χ0v) is 18.6. The highest BCUT2D eigenvalue weighted by Gasteiger charge is 2.42. The van der Waals surface area contributed by atoms with Crippen molar-refractivity contribution in [2.45, 2.75) is 51.2 Å². The van der Waals surface area contributed by atoms with Gasteiger partial charge in [-0.15, -0.1) is 0 Å². The number of ether oxygens (including phenoxy) is 1. The summed E-state index contributed by atoms with van der Waals surface area (Å²) in [7, 11) is 1.62. The first-order chi connectivity index (χ1) is 14.9. The fraction of sp³-hybridized carbons (Fsp3) is 0.522. The summed E-state index contributed by atoms with van der Waals surface area (Å²) in [6, 6.07) is 5.20. The molecule has 0 spiro atoms. The van der Waals surface area contributed by atoms with E-state index >= 15 is 0 Å². The van der Waals surface area contributed by atoms with Crippen LogP contribution in [0.25, 0.3) is 16.6 Å². The highest BCUT2D eigenvalue weighted by molar-refractivity contribution is 5.75. The number of hydrogen-bond donors (Lipinski definition) is 1. The van der Waals surface area contributed by atoms with Crippen LogP contribution in [0.2, 0.25) is 0 Å². The van der Waals surface area contributed by atoms with Gasteiger partial charge in [0, 0.05) is 54.2 Å². The van der Waals surface area contributed by atoms with Gasteiger partial charge in [0.15, 0.2) is 0 Å². The van der Waals surface area contributed by atoms with Crippen LogP contribution in [0.15, 0.2) is 24.7 Å². The monoisotopic (exact) mass is 419 g/mol. The van der Waals surface area contributed by atoms with Gasteiger partial charge in [0.05, 0.1) is 25.5 Å². The number of nitrogens with one attached hydrogen (secondary N) is 1. The fourth-order valence-electron chi connectivity index (χ4n) is 5.17. The molecule has 1 N–H and O–H groups in total. The maximum atomic E-state index is 9.34. The van der Waals surface area contributed by atoms with Crippen molar-refractivity contribution in [2.75, 3.05) is 26.7 Å². The van der Waals surface area contributed by atoms with Gasteiger partial charge in [0.1, 0.15) is 22.9 Å². The lowest BCUT2D eigenvalue weighted by molar-refractivity contribution is 0.0220. The molecule has 1 unspecified atom stereocenters. The van der Waals surface area contributed by atoms with E-state index in [-0.39, 0.29) is 5.54 Å². The molecule has 2 aliphatic heterocycles. The second-order valence-electron chi connectivity index (χ2n) is 9.23. The van der Waals surface area contributed by atoms with E-state index in [0.717, 1.165) is 49.3 Å². The minimum absolute atomic E-state index is 0.219. The van der Waals surface area contributed by atoms with Gasteiger partial charge in [-0.2, -0.15) is 15.5 Å². The van der Waals surface area contributed by atoms with E-state index in [1.54, 1.807) is 17.8 Å². The lowest BCUT2D eigenvalue weighted by Crippen LogP contribution is -2.72. The van der Waals surface area contributed by atoms with Crippen LogP contribution >= 0.6 is 0 Å². The standard InChI is InChI=1S/C23H29N7O/c1-15-19(16-9-20(31-4)22-17(10-24)11-26-29(22)14-16)12-27-30(15)18-5-7-28(8-6-18)21-13-25-23(21,2)3/h9,11-12,14,18,21,25H,5-8,13H2,1-4H3. The summed E-state index contributed by atoms with van der Waals surface area (Å²) in [5.74, 6) is 0.642. The molecule has 1 atom stereocenters. The number of aromatic nitrogens is 4. The van der Waals surface area contributed by atoms with Gasteiger partial charge in [-0.25, -0.2) is 4.52 Å². The van der Waals surface area contributed by atoms with Crippen LogP contribution in [-0.4, -0.2) is 62.6 Å². The quantitative estimate of drug-likeness (QED) is 0.700. The Labute approximate surface area is 182 Å². The first-order valence-electron chi connectivity index (χ1n) is 10.9. The maximum absolute atomic E-state index is 9.34. The molecule has 0 saturated carbocycles. The second-order valence-corrected chi connectivity index (χ2v) is 9.23.